The molecule has 1 fully saturated rings. The Hall–Kier alpha value is -2.85. The first-order valence-electron chi connectivity index (χ1n) is 10.5. The van der Waals surface area contributed by atoms with Gasteiger partial charge in [0.1, 0.15) is 12.7 Å². The number of carbonyl (C=O) groups excluding carboxylic acids is 3. The Balaban J connectivity index is 1.89. The van der Waals surface area contributed by atoms with Crippen LogP contribution in [-0.4, -0.2) is 72.6 Å². The Bertz CT molecular complexity index is 833. The van der Waals surface area contributed by atoms with Crippen LogP contribution in [-0.2, 0) is 23.8 Å². The number of esters is 2. The van der Waals surface area contributed by atoms with E-state index in [-0.39, 0.29) is 36.3 Å². The van der Waals surface area contributed by atoms with Crippen LogP contribution in [0.2, 0.25) is 0 Å². The molecule has 4 N–H and O–H groups in total. The fraction of sp³-hybridized carbons (Fsp3) is 0.591. The second kappa shape index (κ2) is 11.1. The van der Waals surface area contributed by atoms with Crippen LogP contribution in [0.5, 0.6) is 11.5 Å². The number of benzene rings is 1. The summed E-state index contributed by atoms with van der Waals surface area (Å²) in [4.78, 5) is 36.0. The summed E-state index contributed by atoms with van der Waals surface area (Å²) in [5.74, 6) is -2.22. The van der Waals surface area contributed by atoms with Crippen molar-refractivity contribution in [3.05, 3.63) is 23.3 Å². The molecule has 2 unspecified atom stereocenters. The average molecular weight is 453 g/mol. The van der Waals surface area contributed by atoms with Gasteiger partial charge < -0.3 is 35.1 Å². The van der Waals surface area contributed by atoms with Gasteiger partial charge in [-0.25, -0.2) is 4.79 Å². The van der Waals surface area contributed by atoms with Crippen LogP contribution >= 0.6 is 0 Å². The number of carbonyl (C=O) groups is 3. The molecule has 2 rings (SSSR count). The highest BCUT2D eigenvalue weighted by atomic mass is 16.6. The Morgan fingerprint density at radius 3 is 2.56 bits per heavy atom. The van der Waals surface area contributed by atoms with Crippen molar-refractivity contribution < 1.29 is 38.8 Å². The predicted molar refractivity (Wildman–Crippen MR) is 114 cm³/mol. The minimum Gasteiger partial charge on any atom is -0.504 e. The molecule has 1 aromatic carbocycles. The van der Waals surface area contributed by atoms with E-state index in [0.717, 1.165) is 6.07 Å². The standard InChI is InChI=1S/C22H32N2O8/c1-13-7-18(26)19(27)8-17(13)21(29)31-11-16(32-14(2)25)9-24-22(3,4)12-23-20(28)15-5-6-30-10-15/h7-8,15-16,24,26-27H,5-6,9-12H2,1-4H3,(H,23,28). The minimum absolute atomic E-state index is 0.0599. The van der Waals surface area contributed by atoms with E-state index in [2.05, 4.69) is 10.6 Å². The second-order valence-electron chi connectivity index (χ2n) is 8.53. The molecule has 0 saturated carbocycles. The van der Waals surface area contributed by atoms with E-state index >= 15 is 0 Å². The van der Waals surface area contributed by atoms with Crippen LogP contribution in [0.25, 0.3) is 0 Å². The van der Waals surface area contributed by atoms with Gasteiger partial charge in [-0.15, -0.1) is 0 Å². The SMILES string of the molecule is CC(=O)OC(CNC(C)(C)CNC(=O)C1CCOC1)COC(=O)c1cc(O)c(O)cc1C. The third kappa shape index (κ3) is 7.69. The van der Waals surface area contributed by atoms with Crippen LogP contribution < -0.4 is 10.6 Å². The molecule has 0 bridgehead atoms. The number of phenols is 2. The zero-order chi connectivity index (χ0) is 23.9. The van der Waals surface area contributed by atoms with Gasteiger partial charge in [-0.1, -0.05) is 0 Å². The van der Waals surface area contributed by atoms with E-state index in [9.17, 15) is 24.6 Å². The van der Waals surface area contributed by atoms with Gasteiger partial charge in [-0.2, -0.15) is 0 Å². The number of aromatic hydroxyl groups is 2. The van der Waals surface area contributed by atoms with E-state index in [1.807, 2.05) is 13.8 Å². The smallest absolute Gasteiger partial charge is 0.338 e. The number of hydrogen-bond acceptors (Lipinski definition) is 9. The van der Waals surface area contributed by atoms with Gasteiger partial charge in [0.05, 0.1) is 18.1 Å². The van der Waals surface area contributed by atoms with Crippen molar-refractivity contribution in [3.8, 4) is 11.5 Å². The molecule has 1 amide bonds. The first-order chi connectivity index (χ1) is 15.0. The number of phenolic OH excluding ortho intramolecular Hbond substituents is 2. The lowest BCUT2D eigenvalue weighted by atomic mass is 10.0. The Morgan fingerprint density at radius 1 is 1.25 bits per heavy atom. The molecule has 32 heavy (non-hydrogen) atoms. The van der Waals surface area contributed by atoms with E-state index in [1.165, 1.54) is 13.0 Å². The molecule has 10 heteroatoms. The van der Waals surface area contributed by atoms with Crippen molar-refractivity contribution in [1.82, 2.24) is 10.6 Å². The van der Waals surface area contributed by atoms with Gasteiger partial charge in [0.15, 0.2) is 11.5 Å². The van der Waals surface area contributed by atoms with Gasteiger partial charge in [-0.05, 0) is 44.9 Å². The van der Waals surface area contributed by atoms with Gasteiger partial charge in [0, 0.05) is 32.2 Å². The highest BCUT2D eigenvalue weighted by Crippen LogP contribution is 2.28. The molecule has 10 nitrogen and oxygen atoms in total. The molecule has 178 valence electrons. The average Bonchev–Trinajstić information content (AvgIpc) is 3.25. The lowest BCUT2D eigenvalue weighted by molar-refractivity contribution is -0.148. The number of ether oxygens (including phenoxy) is 3. The first kappa shape index (κ1) is 25.4. The topological polar surface area (TPSA) is 143 Å². The number of rotatable bonds is 10. The maximum atomic E-state index is 12.4. The van der Waals surface area contributed by atoms with Crippen molar-refractivity contribution in [3.63, 3.8) is 0 Å². The third-order valence-electron chi connectivity index (χ3n) is 5.09. The summed E-state index contributed by atoms with van der Waals surface area (Å²) in [6.07, 6.45) is -0.0570. The van der Waals surface area contributed by atoms with E-state index in [1.54, 1.807) is 6.92 Å². The van der Waals surface area contributed by atoms with Crippen molar-refractivity contribution in [2.75, 3.05) is 32.9 Å². The predicted octanol–water partition coefficient (Wildman–Crippen LogP) is 1.02. The second-order valence-corrected chi connectivity index (χ2v) is 8.53. The lowest BCUT2D eigenvalue weighted by Crippen LogP contribution is -2.52. The molecule has 1 saturated heterocycles. The minimum atomic E-state index is -0.763. The molecule has 0 spiro atoms. The van der Waals surface area contributed by atoms with E-state index in [4.69, 9.17) is 14.2 Å². The number of hydrogen-bond donors (Lipinski definition) is 4. The lowest BCUT2D eigenvalue weighted by Gasteiger charge is -2.29. The van der Waals surface area contributed by atoms with Gasteiger partial charge in [-0.3, -0.25) is 9.59 Å². The Morgan fingerprint density at radius 2 is 1.94 bits per heavy atom. The number of nitrogens with one attached hydrogen (secondary N) is 2. The zero-order valence-corrected chi connectivity index (χ0v) is 18.9. The molecular formula is C22H32N2O8. The summed E-state index contributed by atoms with van der Waals surface area (Å²) in [7, 11) is 0. The molecule has 1 heterocycles. The van der Waals surface area contributed by atoms with E-state index in [0.29, 0.717) is 31.7 Å². The van der Waals surface area contributed by atoms with Crippen LogP contribution in [0, 0.1) is 12.8 Å². The molecule has 0 aliphatic carbocycles. The van der Waals surface area contributed by atoms with E-state index < -0.39 is 29.3 Å². The first-order valence-corrected chi connectivity index (χ1v) is 10.5. The highest BCUT2D eigenvalue weighted by Gasteiger charge is 2.27. The maximum Gasteiger partial charge on any atom is 0.338 e. The Kier molecular flexibility index (Phi) is 8.85. The fourth-order valence-electron chi connectivity index (χ4n) is 3.16. The summed E-state index contributed by atoms with van der Waals surface area (Å²) in [6.45, 7) is 7.96. The molecular weight excluding hydrogens is 420 g/mol. The summed E-state index contributed by atoms with van der Waals surface area (Å²) in [5.41, 5.74) is 0.00223. The normalized spacial score (nSPS) is 16.9. The highest BCUT2D eigenvalue weighted by molar-refractivity contribution is 5.92. The zero-order valence-electron chi connectivity index (χ0n) is 18.9. The number of aryl methyl sites for hydroxylation is 1. The summed E-state index contributed by atoms with van der Waals surface area (Å²) >= 11 is 0. The molecule has 1 aliphatic rings. The van der Waals surface area contributed by atoms with Gasteiger partial charge in [0.2, 0.25) is 5.91 Å². The fourth-order valence-corrected chi connectivity index (χ4v) is 3.16. The summed E-state index contributed by atoms with van der Waals surface area (Å²) in [5, 5.41) is 25.3. The monoisotopic (exact) mass is 452 g/mol. The summed E-state index contributed by atoms with van der Waals surface area (Å²) < 4.78 is 15.7. The molecule has 1 aliphatic heterocycles. The van der Waals surface area contributed by atoms with Crippen LogP contribution in [0.1, 0.15) is 43.1 Å². The van der Waals surface area contributed by atoms with Crippen LogP contribution in [0.4, 0.5) is 0 Å². The molecule has 2 atom stereocenters. The number of amides is 1. The van der Waals surface area contributed by atoms with Crippen LogP contribution in [0.15, 0.2) is 12.1 Å². The van der Waals surface area contributed by atoms with Crippen molar-refractivity contribution >= 4 is 17.8 Å². The largest absolute Gasteiger partial charge is 0.504 e. The van der Waals surface area contributed by atoms with Crippen molar-refractivity contribution in [2.45, 2.75) is 45.8 Å². The molecule has 0 radical (unpaired) electrons. The quantitative estimate of drug-likeness (QED) is 0.302. The molecule has 1 aromatic rings. The molecule has 0 aromatic heterocycles. The van der Waals surface area contributed by atoms with Crippen molar-refractivity contribution in [2.24, 2.45) is 5.92 Å². The Labute approximate surface area is 187 Å². The van der Waals surface area contributed by atoms with Gasteiger partial charge in [0.25, 0.3) is 0 Å². The summed E-state index contributed by atoms with van der Waals surface area (Å²) in [6, 6.07) is 2.37. The van der Waals surface area contributed by atoms with Crippen LogP contribution in [0.3, 0.4) is 0 Å². The van der Waals surface area contributed by atoms with Gasteiger partial charge >= 0.3 is 11.9 Å². The maximum absolute atomic E-state index is 12.4. The van der Waals surface area contributed by atoms with Crippen molar-refractivity contribution in [1.29, 1.82) is 0 Å². The third-order valence-corrected chi connectivity index (χ3v) is 5.09.